The Labute approximate surface area is 115 Å². The minimum Gasteiger partial charge on any atom is -0.476 e. The molecule has 6 heteroatoms. The standard InChI is InChI=1S/C13H14ClN3O2/c1-3-8-7-9(4-2)17(16-8)11-6-5-10(14)12(15-11)13(18)19/h5-7H,3-4H2,1-2H3,(H,18,19). The third-order valence-corrected chi connectivity index (χ3v) is 3.11. The number of nitrogens with zero attached hydrogens (tertiary/aromatic N) is 3. The van der Waals surface area contributed by atoms with Crippen molar-refractivity contribution in [2.45, 2.75) is 26.7 Å². The topological polar surface area (TPSA) is 68.0 Å². The van der Waals surface area contributed by atoms with Crippen molar-refractivity contribution in [3.05, 3.63) is 40.3 Å². The highest BCUT2D eigenvalue weighted by Crippen LogP contribution is 2.18. The number of carboxylic acids is 1. The van der Waals surface area contributed by atoms with E-state index in [0.717, 1.165) is 24.2 Å². The monoisotopic (exact) mass is 279 g/mol. The van der Waals surface area contributed by atoms with E-state index in [4.69, 9.17) is 16.7 Å². The molecule has 0 aliphatic rings. The van der Waals surface area contributed by atoms with Crippen LogP contribution in [0, 0.1) is 0 Å². The van der Waals surface area contributed by atoms with E-state index < -0.39 is 5.97 Å². The summed E-state index contributed by atoms with van der Waals surface area (Å²) in [5.41, 5.74) is 1.78. The Morgan fingerprint density at radius 2 is 2.11 bits per heavy atom. The van der Waals surface area contributed by atoms with Gasteiger partial charge in [-0.05, 0) is 31.0 Å². The Morgan fingerprint density at radius 3 is 2.68 bits per heavy atom. The molecule has 2 heterocycles. The highest BCUT2D eigenvalue weighted by atomic mass is 35.5. The number of carboxylic acid groups (broad SMARTS) is 1. The summed E-state index contributed by atoms with van der Waals surface area (Å²) in [5, 5.41) is 13.6. The molecule has 2 aromatic heterocycles. The third-order valence-electron chi connectivity index (χ3n) is 2.81. The van der Waals surface area contributed by atoms with E-state index in [2.05, 4.69) is 10.1 Å². The van der Waals surface area contributed by atoms with Gasteiger partial charge >= 0.3 is 5.97 Å². The van der Waals surface area contributed by atoms with E-state index in [-0.39, 0.29) is 10.7 Å². The molecule has 0 aliphatic carbocycles. The summed E-state index contributed by atoms with van der Waals surface area (Å²) in [7, 11) is 0. The van der Waals surface area contributed by atoms with Gasteiger partial charge in [-0.3, -0.25) is 0 Å². The third kappa shape index (κ3) is 2.61. The Bertz CT molecular complexity index is 622. The first kappa shape index (κ1) is 13.5. The maximum Gasteiger partial charge on any atom is 0.356 e. The highest BCUT2D eigenvalue weighted by molar-refractivity contribution is 6.33. The Hall–Kier alpha value is -1.88. The lowest BCUT2D eigenvalue weighted by atomic mass is 10.2. The van der Waals surface area contributed by atoms with Crippen molar-refractivity contribution in [2.24, 2.45) is 0 Å². The zero-order valence-corrected chi connectivity index (χ0v) is 11.5. The van der Waals surface area contributed by atoms with Gasteiger partial charge in [-0.1, -0.05) is 25.4 Å². The molecule has 2 aromatic rings. The van der Waals surface area contributed by atoms with Crippen molar-refractivity contribution in [1.29, 1.82) is 0 Å². The molecule has 0 radical (unpaired) electrons. The number of halogens is 1. The van der Waals surface area contributed by atoms with Gasteiger partial charge in [0.2, 0.25) is 0 Å². The number of aryl methyl sites for hydroxylation is 2. The average molecular weight is 280 g/mol. The first-order valence-electron chi connectivity index (χ1n) is 6.04. The summed E-state index contributed by atoms with van der Waals surface area (Å²) in [6.07, 6.45) is 1.61. The maximum absolute atomic E-state index is 11.0. The minimum atomic E-state index is -1.15. The molecular weight excluding hydrogens is 266 g/mol. The first-order chi connectivity index (χ1) is 9.06. The molecule has 5 nitrogen and oxygen atoms in total. The van der Waals surface area contributed by atoms with Crippen LogP contribution < -0.4 is 0 Å². The van der Waals surface area contributed by atoms with Crippen molar-refractivity contribution in [1.82, 2.24) is 14.8 Å². The predicted molar refractivity (Wildman–Crippen MR) is 72.1 cm³/mol. The zero-order valence-electron chi connectivity index (χ0n) is 10.7. The van der Waals surface area contributed by atoms with Crippen LogP contribution in [0.4, 0.5) is 0 Å². The number of hydrogen-bond donors (Lipinski definition) is 1. The second kappa shape index (κ2) is 5.40. The van der Waals surface area contributed by atoms with Crippen molar-refractivity contribution in [3.63, 3.8) is 0 Å². The second-order valence-corrected chi connectivity index (χ2v) is 4.46. The van der Waals surface area contributed by atoms with Gasteiger partial charge < -0.3 is 5.11 Å². The van der Waals surface area contributed by atoms with Crippen LogP contribution in [-0.2, 0) is 12.8 Å². The van der Waals surface area contributed by atoms with Gasteiger partial charge in [-0.25, -0.2) is 14.5 Å². The average Bonchev–Trinajstić information content (AvgIpc) is 2.82. The van der Waals surface area contributed by atoms with Crippen LogP contribution in [0.5, 0.6) is 0 Å². The second-order valence-electron chi connectivity index (χ2n) is 4.05. The van der Waals surface area contributed by atoms with Gasteiger partial charge in [-0.15, -0.1) is 0 Å². The first-order valence-corrected chi connectivity index (χ1v) is 6.42. The Balaban J connectivity index is 2.55. The molecule has 0 aromatic carbocycles. The Kier molecular flexibility index (Phi) is 3.85. The van der Waals surface area contributed by atoms with Crippen molar-refractivity contribution < 1.29 is 9.90 Å². The van der Waals surface area contributed by atoms with Crippen molar-refractivity contribution in [2.75, 3.05) is 0 Å². The van der Waals surface area contributed by atoms with Gasteiger partial charge in [0.15, 0.2) is 11.5 Å². The molecule has 0 unspecified atom stereocenters. The van der Waals surface area contributed by atoms with Crippen LogP contribution >= 0.6 is 11.6 Å². The molecule has 0 saturated carbocycles. The number of aromatic nitrogens is 3. The van der Waals surface area contributed by atoms with Gasteiger partial charge in [0.1, 0.15) is 0 Å². The van der Waals surface area contributed by atoms with Crippen molar-refractivity contribution in [3.8, 4) is 5.82 Å². The van der Waals surface area contributed by atoms with E-state index in [1.165, 1.54) is 6.07 Å². The highest BCUT2D eigenvalue weighted by Gasteiger charge is 2.14. The number of rotatable bonds is 4. The Morgan fingerprint density at radius 1 is 1.37 bits per heavy atom. The van der Waals surface area contributed by atoms with Gasteiger partial charge in [0.05, 0.1) is 10.7 Å². The molecule has 0 aliphatic heterocycles. The van der Waals surface area contributed by atoms with E-state index >= 15 is 0 Å². The molecule has 0 bridgehead atoms. The quantitative estimate of drug-likeness (QED) is 0.934. The number of hydrogen-bond acceptors (Lipinski definition) is 3. The zero-order chi connectivity index (χ0) is 14.0. The predicted octanol–water partition coefficient (Wildman–Crippen LogP) is 2.74. The number of pyridine rings is 1. The van der Waals surface area contributed by atoms with Gasteiger partial charge in [0, 0.05) is 5.69 Å². The van der Waals surface area contributed by atoms with Crippen LogP contribution in [0.3, 0.4) is 0 Å². The lowest BCUT2D eigenvalue weighted by Gasteiger charge is -2.06. The summed E-state index contributed by atoms with van der Waals surface area (Å²) in [6, 6.07) is 5.19. The number of aromatic carboxylic acids is 1. The fraction of sp³-hybridized carbons (Fsp3) is 0.308. The maximum atomic E-state index is 11.0. The fourth-order valence-corrected chi connectivity index (χ4v) is 1.98. The molecule has 0 saturated heterocycles. The van der Waals surface area contributed by atoms with Crippen LogP contribution in [-0.4, -0.2) is 25.8 Å². The normalized spacial score (nSPS) is 10.7. The molecule has 100 valence electrons. The molecule has 0 atom stereocenters. The van der Waals surface area contributed by atoms with E-state index in [0.29, 0.717) is 5.82 Å². The molecule has 1 N–H and O–H groups in total. The number of carbonyl (C=O) groups is 1. The van der Waals surface area contributed by atoms with Crippen LogP contribution in [0.2, 0.25) is 5.02 Å². The summed E-state index contributed by atoms with van der Waals surface area (Å²) < 4.78 is 1.67. The van der Waals surface area contributed by atoms with Crippen LogP contribution in [0.25, 0.3) is 5.82 Å². The largest absolute Gasteiger partial charge is 0.476 e. The van der Waals surface area contributed by atoms with E-state index in [9.17, 15) is 4.79 Å². The summed E-state index contributed by atoms with van der Waals surface area (Å²) in [5.74, 6) is -0.675. The summed E-state index contributed by atoms with van der Waals surface area (Å²) >= 11 is 5.81. The van der Waals surface area contributed by atoms with Crippen LogP contribution in [0.15, 0.2) is 18.2 Å². The smallest absolute Gasteiger partial charge is 0.356 e. The molecule has 19 heavy (non-hydrogen) atoms. The molecular formula is C13H14ClN3O2. The summed E-state index contributed by atoms with van der Waals surface area (Å²) in [6.45, 7) is 4.03. The van der Waals surface area contributed by atoms with Crippen molar-refractivity contribution >= 4 is 17.6 Å². The molecule has 0 amide bonds. The lowest BCUT2D eigenvalue weighted by Crippen LogP contribution is -2.09. The van der Waals surface area contributed by atoms with Gasteiger partial charge in [-0.2, -0.15) is 5.10 Å². The van der Waals surface area contributed by atoms with E-state index in [1.807, 2.05) is 19.9 Å². The van der Waals surface area contributed by atoms with Crippen LogP contribution in [0.1, 0.15) is 35.7 Å². The molecule has 0 spiro atoms. The molecule has 0 fully saturated rings. The SMILES string of the molecule is CCc1cc(CC)n(-c2ccc(Cl)c(C(=O)O)n2)n1. The summed E-state index contributed by atoms with van der Waals surface area (Å²) in [4.78, 5) is 15.1. The fourth-order valence-electron chi connectivity index (χ4n) is 1.80. The lowest BCUT2D eigenvalue weighted by molar-refractivity contribution is 0.0690. The van der Waals surface area contributed by atoms with Gasteiger partial charge in [0.25, 0.3) is 0 Å². The van der Waals surface area contributed by atoms with E-state index in [1.54, 1.807) is 10.7 Å². The molecule has 2 rings (SSSR count). The minimum absolute atomic E-state index is 0.122.